The third-order valence-corrected chi connectivity index (χ3v) is 4.65. The van der Waals surface area contributed by atoms with E-state index < -0.39 is 22.8 Å². The van der Waals surface area contributed by atoms with Gasteiger partial charge in [-0.25, -0.2) is 18.4 Å². The van der Waals surface area contributed by atoms with Gasteiger partial charge >= 0.3 is 5.97 Å². The maximum atomic E-state index is 12.2. The number of sulfonamides is 1. The Morgan fingerprint density at radius 1 is 1.21 bits per heavy atom. The lowest BCUT2D eigenvalue weighted by Gasteiger charge is -2.17. The molecule has 2 aromatic rings. The summed E-state index contributed by atoms with van der Waals surface area (Å²) in [5, 5.41) is 8.44. The molecular formula is C19H22N2O7S. The molecule has 0 radical (unpaired) electrons. The lowest BCUT2D eigenvalue weighted by molar-refractivity contribution is -0.136. The number of anilines is 1. The van der Waals surface area contributed by atoms with E-state index in [0.29, 0.717) is 12.3 Å². The van der Waals surface area contributed by atoms with E-state index in [4.69, 9.17) is 14.6 Å². The lowest BCUT2D eigenvalue weighted by Crippen LogP contribution is -2.17. The molecule has 2 rings (SSSR count). The molecule has 0 fully saturated rings. The number of benzene rings is 2. The van der Waals surface area contributed by atoms with Crippen LogP contribution in [0.25, 0.3) is 0 Å². The number of ether oxygens (including phenoxy) is 3. The second-order valence-corrected chi connectivity index (χ2v) is 7.43. The van der Waals surface area contributed by atoms with Crippen LogP contribution in [0.2, 0.25) is 0 Å². The highest BCUT2D eigenvalue weighted by Crippen LogP contribution is 2.37. The number of nitrogens with one attached hydrogen (secondary N) is 1. The van der Waals surface area contributed by atoms with Gasteiger partial charge in [-0.1, -0.05) is 31.5 Å². The van der Waals surface area contributed by atoms with Crippen LogP contribution in [0, 0.1) is 0 Å². The molecule has 2 aromatic carbocycles. The van der Waals surface area contributed by atoms with Gasteiger partial charge < -0.3 is 19.5 Å². The lowest BCUT2D eigenvalue weighted by atomic mass is 10.1. The zero-order chi connectivity index (χ0) is 21.3. The first-order valence-corrected chi connectivity index (χ1v) is 10.3. The van der Waals surface area contributed by atoms with Gasteiger partial charge in [-0.15, -0.1) is 0 Å². The van der Waals surface area contributed by atoms with Crippen molar-refractivity contribution in [3.63, 3.8) is 0 Å². The van der Waals surface area contributed by atoms with Gasteiger partial charge in [-0.05, 0) is 30.7 Å². The van der Waals surface area contributed by atoms with E-state index in [0.717, 1.165) is 18.9 Å². The Morgan fingerprint density at radius 3 is 2.55 bits per heavy atom. The maximum absolute atomic E-state index is 12.2. The monoisotopic (exact) mass is 422 g/mol. The van der Waals surface area contributed by atoms with Gasteiger partial charge in [0.15, 0.2) is 5.75 Å². The van der Waals surface area contributed by atoms with Gasteiger partial charge in [0.2, 0.25) is 16.8 Å². The summed E-state index contributed by atoms with van der Waals surface area (Å²) in [6, 6.07) is 11.0. The average Bonchev–Trinajstić information content (AvgIpc) is 2.69. The number of esters is 1. The summed E-state index contributed by atoms with van der Waals surface area (Å²) in [4.78, 5) is 22.0. The molecule has 0 aliphatic carbocycles. The molecule has 9 nitrogen and oxygen atoms in total. The highest BCUT2D eigenvalue weighted by molar-refractivity contribution is 7.89. The maximum Gasteiger partial charge on any atom is 0.341 e. The van der Waals surface area contributed by atoms with Crippen LogP contribution >= 0.6 is 0 Å². The van der Waals surface area contributed by atoms with Crippen molar-refractivity contribution in [3.8, 4) is 11.5 Å². The Hall–Kier alpha value is -3.11. The van der Waals surface area contributed by atoms with Crippen LogP contribution < -0.4 is 15.2 Å². The zero-order valence-corrected chi connectivity index (χ0v) is 16.6. The third kappa shape index (κ3) is 6.47. The number of rotatable bonds is 11. The van der Waals surface area contributed by atoms with E-state index in [-0.39, 0.29) is 28.4 Å². The number of hydrogen-bond donors (Lipinski definition) is 2. The highest BCUT2D eigenvalue weighted by atomic mass is 32.2. The molecule has 0 bridgehead atoms. The normalized spacial score (nSPS) is 10.8. The van der Waals surface area contributed by atoms with Crippen LogP contribution in [0.5, 0.6) is 11.5 Å². The summed E-state index contributed by atoms with van der Waals surface area (Å²) in [5.74, 6) is -0.525. The molecule has 0 unspecified atom stereocenters. The molecule has 0 aliphatic heterocycles. The number of para-hydroxylation sites is 1. The SMILES string of the molecule is CCCCNc1cc(C(=O)OCOC=O)cc(S(N)(=O)=O)c1Oc1ccccc1. The van der Waals surface area contributed by atoms with Crippen molar-refractivity contribution >= 4 is 28.2 Å². The Labute approximate surface area is 168 Å². The van der Waals surface area contributed by atoms with Crippen LogP contribution in [0.3, 0.4) is 0 Å². The fraction of sp³-hybridized carbons (Fsp3) is 0.263. The van der Waals surface area contributed by atoms with E-state index in [1.165, 1.54) is 6.07 Å². The molecule has 0 atom stereocenters. The van der Waals surface area contributed by atoms with Crippen molar-refractivity contribution in [2.24, 2.45) is 5.14 Å². The number of nitrogens with two attached hydrogens (primary N) is 1. The fourth-order valence-electron chi connectivity index (χ4n) is 2.37. The molecule has 29 heavy (non-hydrogen) atoms. The van der Waals surface area contributed by atoms with E-state index in [2.05, 4.69) is 10.1 Å². The number of primary sulfonamides is 1. The predicted octanol–water partition coefficient (Wildman–Crippen LogP) is 2.63. The van der Waals surface area contributed by atoms with Gasteiger partial charge in [0.1, 0.15) is 10.6 Å². The van der Waals surface area contributed by atoms with Crippen molar-refractivity contribution in [1.82, 2.24) is 0 Å². The first-order chi connectivity index (χ1) is 13.9. The molecule has 0 saturated heterocycles. The van der Waals surface area contributed by atoms with Crippen LogP contribution in [-0.4, -0.2) is 34.2 Å². The molecule has 0 aromatic heterocycles. The van der Waals surface area contributed by atoms with Crippen LogP contribution in [-0.2, 0) is 24.3 Å². The summed E-state index contributed by atoms with van der Waals surface area (Å²) in [6.45, 7) is 2.03. The molecule has 0 amide bonds. The molecule has 0 aliphatic rings. The van der Waals surface area contributed by atoms with Gasteiger partial charge in [0.05, 0.1) is 11.3 Å². The minimum Gasteiger partial charge on any atom is -0.454 e. The number of unbranched alkanes of at least 4 members (excludes halogenated alkanes) is 1. The Kier molecular flexibility index (Phi) is 7.98. The summed E-state index contributed by atoms with van der Waals surface area (Å²) in [7, 11) is -4.25. The summed E-state index contributed by atoms with van der Waals surface area (Å²) < 4.78 is 39.3. The second kappa shape index (κ2) is 10.4. The van der Waals surface area contributed by atoms with Gasteiger partial charge in [0.25, 0.3) is 6.47 Å². The standard InChI is InChI=1S/C19H22N2O7S/c1-2-3-9-21-16-10-14(19(23)27-13-26-12-22)11-17(29(20,24)25)18(16)28-15-7-5-4-6-8-15/h4-8,10-12,21H,2-3,9,13H2,1H3,(H2,20,24,25). The first-order valence-electron chi connectivity index (χ1n) is 8.76. The molecule has 0 saturated carbocycles. The average molecular weight is 422 g/mol. The predicted molar refractivity (Wildman–Crippen MR) is 105 cm³/mol. The largest absolute Gasteiger partial charge is 0.454 e. The smallest absolute Gasteiger partial charge is 0.341 e. The minimum absolute atomic E-state index is 0.0319. The Bertz CT molecular complexity index is 947. The third-order valence-electron chi connectivity index (χ3n) is 3.73. The van der Waals surface area contributed by atoms with Crippen LogP contribution in [0.1, 0.15) is 30.1 Å². The van der Waals surface area contributed by atoms with Gasteiger partial charge in [-0.3, -0.25) is 4.79 Å². The van der Waals surface area contributed by atoms with Crippen molar-refractivity contribution in [1.29, 1.82) is 0 Å². The van der Waals surface area contributed by atoms with E-state index >= 15 is 0 Å². The number of carbonyl (C=O) groups excluding carboxylic acids is 2. The summed E-state index contributed by atoms with van der Waals surface area (Å²) in [5.41, 5.74) is 0.167. The summed E-state index contributed by atoms with van der Waals surface area (Å²) in [6.07, 6.45) is 1.70. The number of hydrogen-bond acceptors (Lipinski definition) is 8. The second-order valence-electron chi connectivity index (χ2n) is 5.90. The van der Waals surface area contributed by atoms with Gasteiger partial charge in [0, 0.05) is 6.54 Å². The Balaban J connectivity index is 2.52. The molecule has 3 N–H and O–H groups in total. The zero-order valence-electron chi connectivity index (χ0n) is 15.8. The number of carbonyl (C=O) groups is 2. The van der Waals surface area contributed by atoms with Crippen molar-refractivity contribution in [3.05, 3.63) is 48.0 Å². The van der Waals surface area contributed by atoms with Crippen LogP contribution in [0.4, 0.5) is 5.69 Å². The van der Waals surface area contributed by atoms with E-state index in [1.807, 2.05) is 6.92 Å². The van der Waals surface area contributed by atoms with Crippen molar-refractivity contribution in [2.45, 2.75) is 24.7 Å². The van der Waals surface area contributed by atoms with Crippen molar-refractivity contribution < 1.29 is 32.2 Å². The highest BCUT2D eigenvalue weighted by Gasteiger charge is 2.24. The Morgan fingerprint density at radius 2 is 1.93 bits per heavy atom. The van der Waals surface area contributed by atoms with Gasteiger partial charge in [-0.2, -0.15) is 0 Å². The molecular weight excluding hydrogens is 400 g/mol. The van der Waals surface area contributed by atoms with Crippen molar-refractivity contribution in [2.75, 3.05) is 18.7 Å². The van der Waals surface area contributed by atoms with E-state index in [9.17, 15) is 18.0 Å². The fourth-order valence-corrected chi connectivity index (χ4v) is 3.07. The quantitative estimate of drug-likeness (QED) is 0.244. The minimum atomic E-state index is -4.25. The molecule has 0 spiro atoms. The topological polar surface area (TPSA) is 134 Å². The van der Waals surface area contributed by atoms with Crippen LogP contribution in [0.15, 0.2) is 47.4 Å². The first kappa shape index (κ1) is 22.2. The molecule has 156 valence electrons. The molecule has 10 heteroatoms. The van der Waals surface area contributed by atoms with E-state index in [1.54, 1.807) is 30.3 Å². The molecule has 0 heterocycles. The summed E-state index contributed by atoms with van der Waals surface area (Å²) >= 11 is 0.